The first-order valence-electron chi connectivity index (χ1n) is 5.58. The summed E-state index contributed by atoms with van der Waals surface area (Å²) in [5.74, 6) is -0.588. The summed E-state index contributed by atoms with van der Waals surface area (Å²) in [6.45, 7) is -0.309. The van der Waals surface area contributed by atoms with E-state index in [1.807, 2.05) is 0 Å². The average molecular weight is 299 g/mol. The van der Waals surface area contributed by atoms with Gasteiger partial charge in [0, 0.05) is 25.6 Å². The standard InChI is InChI=1S/C10H13N5O4S/c1-14(6-9-11-2-3-12-9)20(18,19)8-4-13-15(5-8)7-10(16)17/h2-5H,6-7H2,1H3,(H,11,12)(H,16,17). The van der Waals surface area contributed by atoms with Crippen LogP contribution in [0.2, 0.25) is 0 Å². The Labute approximate surface area is 114 Å². The minimum atomic E-state index is -3.73. The first-order chi connectivity index (χ1) is 9.39. The smallest absolute Gasteiger partial charge is 0.325 e. The quantitative estimate of drug-likeness (QED) is 0.742. The van der Waals surface area contributed by atoms with Crippen LogP contribution in [0.4, 0.5) is 0 Å². The highest BCUT2D eigenvalue weighted by atomic mass is 32.2. The van der Waals surface area contributed by atoms with Gasteiger partial charge in [-0.2, -0.15) is 9.40 Å². The summed E-state index contributed by atoms with van der Waals surface area (Å²) in [6, 6.07) is 0. The second kappa shape index (κ2) is 5.43. The molecule has 9 nitrogen and oxygen atoms in total. The van der Waals surface area contributed by atoms with Crippen LogP contribution in [0.5, 0.6) is 0 Å². The Hall–Kier alpha value is -2.20. The van der Waals surface area contributed by atoms with Crippen molar-refractivity contribution < 1.29 is 18.3 Å². The van der Waals surface area contributed by atoms with E-state index >= 15 is 0 Å². The fourth-order valence-corrected chi connectivity index (χ4v) is 2.65. The Bertz CT molecular complexity index is 691. The lowest BCUT2D eigenvalue weighted by Crippen LogP contribution is -2.26. The van der Waals surface area contributed by atoms with Crippen LogP contribution in [0.3, 0.4) is 0 Å². The van der Waals surface area contributed by atoms with Crippen LogP contribution in [0.15, 0.2) is 29.7 Å². The number of carboxylic acid groups (broad SMARTS) is 1. The highest BCUT2D eigenvalue weighted by molar-refractivity contribution is 7.89. The van der Waals surface area contributed by atoms with Crippen molar-refractivity contribution in [3.05, 3.63) is 30.6 Å². The van der Waals surface area contributed by atoms with Crippen LogP contribution in [0.25, 0.3) is 0 Å². The largest absolute Gasteiger partial charge is 0.480 e. The molecule has 0 aromatic carbocycles. The van der Waals surface area contributed by atoms with Gasteiger partial charge < -0.3 is 10.1 Å². The number of hydrogen-bond acceptors (Lipinski definition) is 5. The van der Waals surface area contributed by atoms with Crippen LogP contribution in [0, 0.1) is 0 Å². The van der Waals surface area contributed by atoms with E-state index in [0.717, 1.165) is 15.2 Å². The van der Waals surface area contributed by atoms with Gasteiger partial charge in [-0.3, -0.25) is 9.48 Å². The maximum atomic E-state index is 12.2. The van der Waals surface area contributed by atoms with Crippen molar-refractivity contribution in [2.75, 3.05) is 7.05 Å². The molecule has 0 aliphatic rings. The van der Waals surface area contributed by atoms with Gasteiger partial charge in [0.25, 0.3) is 0 Å². The number of aromatic nitrogens is 4. The van der Waals surface area contributed by atoms with Crippen LogP contribution >= 0.6 is 0 Å². The van der Waals surface area contributed by atoms with E-state index in [-0.39, 0.29) is 11.4 Å². The highest BCUT2D eigenvalue weighted by Gasteiger charge is 2.23. The summed E-state index contributed by atoms with van der Waals surface area (Å²) < 4.78 is 26.6. The lowest BCUT2D eigenvalue weighted by Gasteiger charge is -2.14. The van der Waals surface area contributed by atoms with Crippen molar-refractivity contribution >= 4 is 16.0 Å². The van der Waals surface area contributed by atoms with Gasteiger partial charge >= 0.3 is 5.97 Å². The Morgan fingerprint density at radius 2 is 2.30 bits per heavy atom. The van der Waals surface area contributed by atoms with Crippen molar-refractivity contribution in [3.63, 3.8) is 0 Å². The molecule has 0 unspecified atom stereocenters. The molecule has 2 N–H and O–H groups in total. The lowest BCUT2D eigenvalue weighted by molar-refractivity contribution is -0.137. The third-order valence-corrected chi connectivity index (χ3v) is 4.30. The number of aliphatic carboxylic acids is 1. The van der Waals surface area contributed by atoms with E-state index in [2.05, 4.69) is 15.1 Å². The molecule has 2 aromatic rings. The van der Waals surface area contributed by atoms with Crippen molar-refractivity contribution in [3.8, 4) is 0 Å². The molecule has 2 heterocycles. The summed E-state index contributed by atoms with van der Waals surface area (Å²) in [5.41, 5.74) is 0. The maximum Gasteiger partial charge on any atom is 0.325 e. The molecule has 0 saturated heterocycles. The molecule has 0 spiro atoms. The highest BCUT2D eigenvalue weighted by Crippen LogP contribution is 2.14. The van der Waals surface area contributed by atoms with Crippen LogP contribution in [-0.4, -0.2) is 50.6 Å². The first kappa shape index (κ1) is 14.2. The van der Waals surface area contributed by atoms with Crippen molar-refractivity contribution in [2.24, 2.45) is 0 Å². The van der Waals surface area contributed by atoms with Gasteiger partial charge in [0.2, 0.25) is 10.0 Å². The predicted octanol–water partition coefficient (Wildman–Crippen LogP) is -0.489. The molecular formula is C10H13N5O4S. The summed E-state index contributed by atoms with van der Waals surface area (Å²) in [5, 5.41) is 12.3. The molecular weight excluding hydrogens is 286 g/mol. The molecule has 108 valence electrons. The number of carbonyl (C=O) groups is 1. The minimum absolute atomic E-state index is 0.0622. The number of aromatic amines is 1. The Balaban J connectivity index is 2.16. The van der Waals surface area contributed by atoms with Gasteiger partial charge in [-0.1, -0.05) is 0 Å². The predicted molar refractivity (Wildman–Crippen MR) is 67.1 cm³/mol. The van der Waals surface area contributed by atoms with Crippen molar-refractivity contribution in [1.29, 1.82) is 0 Å². The van der Waals surface area contributed by atoms with Gasteiger partial charge in [0.15, 0.2) is 0 Å². The molecule has 0 radical (unpaired) electrons. The molecule has 2 rings (SSSR count). The fourth-order valence-electron chi connectivity index (χ4n) is 1.56. The third kappa shape index (κ3) is 3.03. The number of nitrogens with one attached hydrogen (secondary N) is 1. The summed E-state index contributed by atoms with van der Waals surface area (Å²) >= 11 is 0. The maximum absolute atomic E-state index is 12.2. The normalized spacial score (nSPS) is 11.9. The SMILES string of the molecule is CN(Cc1ncc[nH]1)S(=O)(=O)c1cnn(CC(=O)O)c1. The first-order valence-corrected chi connectivity index (χ1v) is 7.02. The molecule has 10 heteroatoms. The number of nitrogens with zero attached hydrogens (tertiary/aromatic N) is 4. The van der Waals surface area contributed by atoms with E-state index in [1.165, 1.54) is 19.4 Å². The lowest BCUT2D eigenvalue weighted by atomic mass is 10.6. The second-order valence-corrected chi connectivity index (χ2v) is 6.11. The number of hydrogen-bond donors (Lipinski definition) is 2. The minimum Gasteiger partial charge on any atom is -0.480 e. The number of carboxylic acids is 1. The van der Waals surface area contributed by atoms with Gasteiger partial charge in [-0.05, 0) is 0 Å². The number of sulfonamides is 1. The van der Waals surface area contributed by atoms with Gasteiger partial charge in [-0.25, -0.2) is 13.4 Å². The van der Waals surface area contributed by atoms with Crippen LogP contribution in [0.1, 0.15) is 5.82 Å². The molecule has 0 aliphatic heterocycles. The zero-order valence-electron chi connectivity index (χ0n) is 10.6. The van der Waals surface area contributed by atoms with E-state index < -0.39 is 22.5 Å². The van der Waals surface area contributed by atoms with Gasteiger partial charge in [0.05, 0.1) is 12.7 Å². The molecule has 0 aliphatic carbocycles. The van der Waals surface area contributed by atoms with Crippen molar-refractivity contribution in [1.82, 2.24) is 24.1 Å². The molecule has 0 bridgehead atoms. The van der Waals surface area contributed by atoms with E-state index in [0.29, 0.717) is 5.82 Å². The monoisotopic (exact) mass is 299 g/mol. The molecule has 0 amide bonds. The van der Waals surface area contributed by atoms with Gasteiger partial charge in [-0.15, -0.1) is 0 Å². The van der Waals surface area contributed by atoms with E-state index in [9.17, 15) is 13.2 Å². The molecule has 0 atom stereocenters. The Morgan fingerprint density at radius 1 is 1.55 bits per heavy atom. The Kier molecular flexibility index (Phi) is 3.86. The second-order valence-electron chi connectivity index (χ2n) is 4.06. The number of imidazole rings is 1. The third-order valence-electron chi connectivity index (χ3n) is 2.54. The van der Waals surface area contributed by atoms with Crippen LogP contribution < -0.4 is 0 Å². The van der Waals surface area contributed by atoms with E-state index in [1.54, 1.807) is 6.20 Å². The fraction of sp³-hybridized carbons (Fsp3) is 0.300. The van der Waals surface area contributed by atoms with E-state index in [4.69, 9.17) is 5.11 Å². The number of H-pyrrole nitrogens is 1. The van der Waals surface area contributed by atoms with Crippen molar-refractivity contribution in [2.45, 2.75) is 18.0 Å². The summed E-state index contributed by atoms with van der Waals surface area (Å²) in [7, 11) is -2.32. The molecule has 0 saturated carbocycles. The summed E-state index contributed by atoms with van der Waals surface area (Å²) in [6.07, 6.45) is 5.43. The summed E-state index contributed by atoms with van der Waals surface area (Å²) in [4.78, 5) is 17.2. The average Bonchev–Trinajstić information content (AvgIpc) is 2.99. The zero-order valence-corrected chi connectivity index (χ0v) is 11.4. The Morgan fingerprint density at radius 3 is 2.90 bits per heavy atom. The molecule has 0 fully saturated rings. The zero-order chi connectivity index (χ0) is 14.8. The molecule has 20 heavy (non-hydrogen) atoms. The number of rotatable bonds is 6. The van der Waals surface area contributed by atoms with Crippen LogP contribution in [-0.2, 0) is 27.9 Å². The van der Waals surface area contributed by atoms with Gasteiger partial charge in [0.1, 0.15) is 17.3 Å². The molecule has 2 aromatic heterocycles. The topological polar surface area (TPSA) is 121 Å².